The van der Waals surface area contributed by atoms with Gasteiger partial charge in [-0.1, -0.05) is 0 Å². The largest absolute Gasteiger partial charge is 0.374 e. The summed E-state index contributed by atoms with van der Waals surface area (Å²) >= 11 is 0. The summed E-state index contributed by atoms with van der Waals surface area (Å²) in [5.74, 6) is 0. The summed E-state index contributed by atoms with van der Waals surface area (Å²) in [6.07, 6.45) is 2.27. The molecule has 16 heavy (non-hydrogen) atoms. The molecule has 92 valence electrons. The van der Waals surface area contributed by atoms with Crippen molar-refractivity contribution in [3.63, 3.8) is 0 Å². The lowest BCUT2D eigenvalue weighted by Gasteiger charge is -2.04. The van der Waals surface area contributed by atoms with Crippen LogP contribution in [0, 0.1) is 0 Å². The SMILES string of the molecule is Cn1cc(CCNCCOCC(F)F)cn1. The molecule has 0 spiro atoms. The molecule has 0 aromatic carbocycles. The van der Waals surface area contributed by atoms with E-state index in [0.717, 1.165) is 18.5 Å². The van der Waals surface area contributed by atoms with Gasteiger partial charge >= 0.3 is 0 Å². The summed E-state index contributed by atoms with van der Waals surface area (Å²) < 4.78 is 29.8. The van der Waals surface area contributed by atoms with Crippen LogP contribution in [0.1, 0.15) is 5.56 Å². The highest BCUT2D eigenvalue weighted by Crippen LogP contribution is 1.96. The molecule has 1 aromatic rings. The Balaban J connectivity index is 1.92. The number of alkyl halides is 2. The first-order valence-electron chi connectivity index (χ1n) is 5.22. The summed E-state index contributed by atoms with van der Waals surface area (Å²) in [4.78, 5) is 0. The highest BCUT2D eigenvalue weighted by molar-refractivity contribution is 5.03. The molecule has 0 aliphatic rings. The molecule has 0 bridgehead atoms. The predicted molar refractivity (Wildman–Crippen MR) is 56.6 cm³/mol. The van der Waals surface area contributed by atoms with E-state index < -0.39 is 13.0 Å². The van der Waals surface area contributed by atoms with Gasteiger partial charge in [0, 0.05) is 19.8 Å². The van der Waals surface area contributed by atoms with E-state index in [9.17, 15) is 8.78 Å². The fourth-order valence-corrected chi connectivity index (χ4v) is 1.28. The molecule has 0 aliphatic heterocycles. The summed E-state index contributed by atoms with van der Waals surface area (Å²) in [6.45, 7) is 1.22. The van der Waals surface area contributed by atoms with Gasteiger partial charge in [0.25, 0.3) is 6.43 Å². The minimum absolute atomic E-state index is 0.317. The molecule has 0 amide bonds. The molecule has 0 aliphatic carbocycles. The van der Waals surface area contributed by atoms with Gasteiger partial charge in [0.2, 0.25) is 0 Å². The second-order valence-corrected chi connectivity index (χ2v) is 3.49. The molecule has 0 fully saturated rings. The van der Waals surface area contributed by atoms with Crippen molar-refractivity contribution in [2.75, 3.05) is 26.3 Å². The van der Waals surface area contributed by atoms with Crippen molar-refractivity contribution in [3.8, 4) is 0 Å². The number of ether oxygens (including phenoxy) is 1. The lowest BCUT2D eigenvalue weighted by Crippen LogP contribution is -2.23. The highest BCUT2D eigenvalue weighted by atomic mass is 19.3. The smallest absolute Gasteiger partial charge is 0.261 e. The molecule has 1 rings (SSSR count). The van der Waals surface area contributed by atoms with Crippen LogP contribution in [0.5, 0.6) is 0 Å². The van der Waals surface area contributed by atoms with Gasteiger partial charge in [-0.05, 0) is 18.5 Å². The minimum Gasteiger partial charge on any atom is -0.374 e. The van der Waals surface area contributed by atoms with Crippen molar-refractivity contribution in [3.05, 3.63) is 18.0 Å². The highest BCUT2D eigenvalue weighted by Gasteiger charge is 2.00. The number of hydrogen-bond acceptors (Lipinski definition) is 3. The van der Waals surface area contributed by atoms with E-state index >= 15 is 0 Å². The van der Waals surface area contributed by atoms with E-state index in [1.54, 1.807) is 4.68 Å². The molecule has 1 heterocycles. The van der Waals surface area contributed by atoms with Crippen LogP contribution in [-0.2, 0) is 18.2 Å². The quantitative estimate of drug-likeness (QED) is 0.676. The monoisotopic (exact) mass is 233 g/mol. The Morgan fingerprint density at radius 2 is 2.31 bits per heavy atom. The van der Waals surface area contributed by atoms with Gasteiger partial charge in [-0.25, -0.2) is 8.78 Å². The van der Waals surface area contributed by atoms with Gasteiger partial charge in [-0.15, -0.1) is 0 Å². The normalized spacial score (nSPS) is 11.2. The number of aromatic nitrogens is 2. The molecule has 0 saturated heterocycles. The molecule has 0 saturated carbocycles. The average Bonchev–Trinajstić information content (AvgIpc) is 2.62. The van der Waals surface area contributed by atoms with E-state index in [4.69, 9.17) is 4.74 Å². The van der Waals surface area contributed by atoms with E-state index in [0.29, 0.717) is 13.2 Å². The number of aryl methyl sites for hydroxylation is 1. The van der Waals surface area contributed by atoms with Crippen molar-refractivity contribution in [2.45, 2.75) is 12.8 Å². The zero-order chi connectivity index (χ0) is 11.8. The molecule has 1 N–H and O–H groups in total. The zero-order valence-corrected chi connectivity index (χ0v) is 9.33. The second kappa shape index (κ2) is 7.29. The standard InChI is InChI=1S/C10H17F2N3O/c1-15-7-9(6-14-15)2-3-13-4-5-16-8-10(11)12/h6-7,10,13H,2-5,8H2,1H3. The van der Waals surface area contributed by atoms with Crippen molar-refractivity contribution >= 4 is 0 Å². The third kappa shape index (κ3) is 5.77. The lowest BCUT2D eigenvalue weighted by molar-refractivity contribution is 0.0188. The summed E-state index contributed by atoms with van der Waals surface area (Å²) in [5, 5.41) is 7.16. The zero-order valence-electron chi connectivity index (χ0n) is 9.33. The van der Waals surface area contributed by atoms with Gasteiger partial charge in [0.15, 0.2) is 0 Å². The number of nitrogens with zero attached hydrogens (tertiary/aromatic N) is 2. The molecule has 4 nitrogen and oxygen atoms in total. The van der Waals surface area contributed by atoms with Crippen LogP contribution in [-0.4, -0.2) is 42.5 Å². The summed E-state index contributed by atoms with van der Waals surface area (Å²) in [5.41, 5.74) is 1.16. The molecule has 0 unspecified atom stereocenters. The Bertz CT molecular complexity index is 291. The van der Waals surface area contributed by atoms with Crippen LogP contribution in [0.4, 0.5) is 8.78 Å². The molecular formula is C10H17F2N3O. The first kappa shape index (κ1) is 13.1. The Morgan fingerprint density at radius 1 is 1.50 bits per heavy atom. The fraction of sp³-hybridized carbons (Fsp3) is 0.700. The summed E-state index contributed by atoms with van der Waals surface area (Å²) in [7, 11) is 1.87. The van der Waals surface area contributed by atoms with Crippen LogP contribution in [0.25, 0.3) is 0 Å². The number of nitrogens with one attached hydrogen (secondary N) is 1. The molecule has 1 aromatic heterocycles. The van der Waals surface area contributed by atoms with E-state index in [1.165, 1.54) is 0 Å². The minimum atomic E-state index is -2.38. The van der Waals surface area contributed by atoms with E-state index in [-0.39, 0.29) is 0 Å². The first-order valence-corrected chi connectivity index (χ1v) is 5.22. The number of hydrogen-bond donors (Lipinski definition) is 1. The lowest BCUT2D eigenvalue weighted by atomic mass is 10.2. The average molecular weight is 233 g/mol. The van der Waals surface area contributed by atoms with Crippen LogP contribution >= 0.6 is 0 Å². The maximum absolute atomic E-state index is 11.7. The maximum atomic E-state index is 11.7. The van der Waals surface area contributed by atoms with Crippen molar-refractivity contribution in [1.82, 2.24) is 15.1 Å². The van der Waals surface area contributed by atoms with Crippen LogP contribution in [0.15, 0.2) is 12.4 Å². The maximum Gasteiger partial charge on any atom is 0.261 e. The van der Waals surface area contributed by atoms with Gasteiger partial charge in [-0.3, -0.25) is 4.68 Å². The van der Waals surface area contributed by atoms with E-state index in [1.807, 2.05) is 19.4 Å². The fourth-order valence-electron chi connectivity index (χ4n) is 1.28. The van der Waals surface area contributed by atoms with Crippen molar-refractivity contribution in [2.24, 2.45) is 7.05 Å². The molecular weight excluding hydrogens is 216 g/mol. The van der Waals surface area contributed by atoms with Gasteiger partial charge < -0.3 is 10.1 Å². The molecule has 0 atom stereocenters. The first-order chi connectivity index (χ1) is 7.68. The number of halogens is 2. The second-order valence-electron chi connectivity index (χ2n) is 3.49. The Hall–Kier alpha value is -1.01. The Labute approximate surface area is 93.6 Å². The third-order valence-electron chi connectivity index (χ3n) is 2.02. The summed E-state index contributed by atoms with van der Waals surface area (Å²) in [6, 6.07) is 0. The molecule has 0 radical (unpaired) electrons. The van der Waals surface area contributed by atoms with Crippen LogP contribution in [0.3, 0.4) is 0 Å². The van der Waals surface area contributed by atoms with Crippen molar-refractivity contribution in [1.29, 1.82) is 0 Å². The predicted octanol–water partition coefficient (Wildman–Crippen LogP) is 0.834. The molecule has 6 heteroatoms. The topological polar surface area (TPSA) is 39.1 Å². The Morgan fingerprint density at radius 3 is 2.94 bits per heavy atom. The number of rotatable bonds is 8. The van der Waals surface area contributed by atoms with Crippen molar-refractivity contribution < 1.29 is 13.5 Å². The van der Waals surface area contributed by atoms with Gasteiger partial charge in [0.05, 0.1) is 12.8 Å². The Kier molecular flexibility index (Phi) is 5.95. The van der Waals surface area contributed by atoms with E-state index in [2.05, 4.69) is 10.4 Å². The van der Waals surface area contributed by atoms with Crippen LogP contribution in [0.2, 0.25) is 0 Å². The third-order valence-corrected chi connectivity index (χ3v) is 2.02. The van der Waals surface area contributed by atoms with Gasteiger partial charge in [-0.2, -0.15) is 5.10 Å². The van der Waals surface area contributed by atoms with Crippen LogP contribution < -0.4 is 5.32 Å². The van der Waals surface area contributed by atoms with Gasteiger partial charge in [0.1, 0.15) is 6.61 Å².